The second-order valence-electron chi connectivity index (χ2n) is 8.15. The van der Waals surface area contributed by atoms with Gasteiger partial charge in [0.15, 0.2) is 0 Å². The SMILES string of the molecule is CCCN(C(=O)N[C@@H](CSCc1ccccc1)CC(=O)O)C(=O)c1cccc(-c2ccccc2)c1. The fourth-order valence-electron chi connectivity index (χ4n) is 3.65. The predicted molar refractivity (Wildman–Crippen MR) is 140 cm³/mol. The molecule has 0 aliphatic carbocycles. The van der Waals surface area contributed by atoms with Crippen LogP contribution < -0.4 is 5.32 Å². The molecule has 0 fully saturated rings. The maximum absolute atomic E-state index is 13.3. The second-order valence-corrected chi connectivity index (χ2v) is 9.18. The number of hydrogen-bond donors (Lipinski definition) is 2. The van der Waals surface area contributed by atoms with Crippen molar-refractivity contribution >= 4 is 29.7 Å². The van der Waals surface area contributed by atoms with Gasteiger partial charge in [-0.25, -0.2) is 4.79 Å². The Hall–Kier alpha value is -3.58. The van der Waals surface area contributed by atoms with Crippen LogP contribution in [0.2, 0.25) is 0 Å². The zero-order valence-electron chi connectivity index (χ0n) is 19.7. The molecule has 3 aromatic carbocycles. The van der Waals surface area contributed by atoms with Crippen LogP contribution in [0.5, 0.6) is 0 Å². The van der Waals surface area contributed by atoms with Gasteiger partial charge in [-0.1, -0.05) is 79.7 Å². The quantitative estimate of drug-likeness (QED) is 0.360. The number of carbonyl (C=O) groups excluding carboxylic acids is 2. The first-order chi connectivity index (χ1) is 17.0. The molecule has 3 rings (SSSR count). The van der Waals surface area contributed by atoms with E-state index in [1.807, 2.05) is 73.7 Å². The largest absolute Gasteiger partial charge is 0.481 e. The molecule has 2 N–H and O–H groups in total. The number of nitrogens with one attached hydrogen (secondary N) is 1. The Bertz CT molecular complexity index is 1120. The first-order valence-electron chi connectivity index (χ1n) is 11.6. The van der Waals surface area contributed by atoms with Crippen molar-refractivity contribution in [2.45, 2.75) is 31.6 Å². The molecule has 35 heavy (non-hydrogen) atoms. The van der Waals surface area contributed by atoms with Gasteiger partial charge in [0.1, 0.15) is 0 Å². The van der Waals surface area contributed by atoms with Crippen molar-refractivity contribution in [3.8, 4) is 11.1 Å². The number of carboxylic acid groups (broad SMARTS) is 1. The molecule has 0 aliphatic heterocycles. The zero-order chi connectivity index (χ0) is 25.0. The summed E-state index contributed by atoms with van der Waals surface area (Å²) in [4.78, 5) is 39.0. The van der Waals surface area contributed by atoms with E-state index in [2.05, 4.69) is 5.32 Å². The number of hydrogen-bond acceptors (Lipinski definition) is 4. The van der Waals surface area contributed by atoms with Crippen LogP contribution in [0.25, 0.3) is 11.1 Å². The Kier molecular flexibility index (Phi) is 9.93. The van der Waals surface area contributed by atoms with Crippen LogP contribution in [-0.2, 0) is 10.5 Å². The van der Waals surface area contributed by atoms with Crippen molar-refractivity contribution in [3.05, 3.63) is 96.1 Å². The second kappa shape index (κ2) is 13.3. The molecule has 0 aliphatic rings. The molecule has 182 valence electrons. The van der Waals surface area contributed by atoms with Crippen molar-refractivity contribution < 1.29 is 19.5 Å². The molecule has 3 aromatic rings. The molecular formula is C28H30N2O4S. The highest BCUT2D eigenvalue weighted by atomic mass is 32.2. The molecule has 7 heteroatoms. The molecule has 0 saturated heterocycles. The van der Waals surface area contributed by atoms with Crippen LogP contribution in [0.15, 0.2) is 84.9 Å². The normalized spacial score (nSPS) is 11.5. The smallest absolute Gasteiger partial charge is 0.324 e. The molecule has 3 amide bonds. The maximum Gasteiger partial charge on any atom is 0.324 e. The van der Waals surface area contributed by atoms with Crippen molar-refractivity contribution in [1.29, 1.82) is 0 Å². The maximum atomic E-state index is 13.3. The highest BCUT2D eigenvalue weighted by Gasteiger charge is 2.25. The lowest BCUT2D eigenvalue weighted by molar-refractivity contribution is -0.137. The Morgan fingerprint density at radius 2 is 1.57 bits per heavy atom. The van der Waals surface area contributed by atoms with E-state index < -0.39 is 23.9 Å². The molecule has 0 spiro atoms. The van der Waals surface area contributed by atoms with Gasteiger partial charge in [0, 0.05) is 23.6 Å². The minimum Gasteiger partial charge on any atom is -0.481 e. The molecule has 0 aromatic heterocycles. The monoisotopic (exact) mass is 490 g/mol. The van der Waals surface area contributed by atoms with E-state index in [0.717, 1.165) is 16.7 Å². The minimum atomic E-state index is -1.00. The van der Waals surface area contributed by atoms with Gasteiger partial charge >= 0.3 is 12.0 Å². The number of carbonyl (C=O) groups is 3. The molecule has 0 bridgehead atoms. The average molecular weight is 491 g/mol. The Morgan fingerprint density at radius 3 is 2.23 bits per heavy atom. The van der Waals surface area contributed by atoms with E-state index >= 15 is 0 Å². The lowest BCUT2D eigenvalue weighted by Crippen LogP contribution is -2.49. The number of imide groups is 1. The van der Waals surface area contributed by atoms with E-state index in [0.29, 0.717) is 23.5 Å². The van der Waals surface area contributed by atoms with E-state index in [1.54, 1.807) is 30.0 Å². The van der Waals surface area contributed by atoms with Crippen LogP contribution in [-0.4, -0.2) is 46.3 Å². The van der Waals surface area contributed by atoms with Gasteiger partial charge in [-0.15, -0.1) is 0 Å². The number of amides is 3. The van der Waals surface area contributed by atoms with Crippen LogP contribution in [0.1, 0.15) is 35.7 Å². The summed E-state index contributed by atoms with van der Waals surface area (Å²) in [5, 5.41) is 12.1. The van der Waals surface area contributed by atoms with Crippen molar-refractivity contribution in [2.75, 3.05) is 12.3 Å². The summed E-state index contributed by atoms with van der Waals surface area (Å²) >= 11 is 1.55. The number of benzene rings is 3. The van der Waals surface area contributed by atoms with Crippen molar-refractivity contribution in [3.63, 3.8) is 0 Å². The third-order valence-electron chi connectivity index (χ3n) is 5.33. The summed E-state index contributed by atoms with van der Waals surface area (Å²) in [6, 6.07) is 25.6. The van der Waals surface area contributed by atoms with Gasteiger partial charge in [-0.2, -0.15) is 11.8 Å². The summed E-state index contributed by atoms with van der Waals surface area (Å²) < 4.78 is 0. The third kappa shape index (κ3) is 8.00. The Morgan fingerprint density at radius 1 is 0.914 bits per heavy atom. The number of nitrogens with zero attached hydrogens (tertiary/aromatic N) is 1. The molecule has 1 atom stereocenters. The first kappa shape index (κ1) is 26.0. The number of rotatable bonds is 11. The topological polar surface area (TPSA) is 86.7 Å². The van der Waals surface area contributed by atoms with Crippen molar-refractivity contribution in [2.24, 2.45) is 0 Å². The van der Waals surface area contributed by atoms with Crippen LogP contribution >= 0.6 is 11.8 Å². The number of aliphatic carboxylic acids is 1. The summed E-state index contributed by atoms with van der Waals surface area (Å²) in [5.41, 5.74) is 3.39. The molecule has 0 unspecified atom stereocenters. The van der Waals surface area contributed by atoms with Gasteiger partial charge in [0.05, 0.1) is 12.5 Å². The van der Waals surface area contributed by atoms with Gasteiger partial charge < -0.3 is 10.4 Å². The minimum absolute atomic E-state index is 0.217. The predicted octanol–water partition coefficient (Wildman–Crippen LogP) is 5.69. The van der Waals surface area contributed by atoms with Crippen molar-refractivity contribution in [1.82, 2.24) is 10.2 Å². The van der Waals surface area contributed by atoms with Gasteiger partial charge in [-0.05, 0) is 35.2 Å². The van der Waals surface area contributed by atoms with Gasteiger partial charge in [0.2, 0.25) is 0 Å². The molecule has 6 nitrogen and oxygen atoms in total. The highest BCUT2D eigenvalue weighted by Crippen LogP contribution is 2.21. The number of thioether (sulfide) groups is 1. The standard InChI is InChI=1S/C28H30N2O4S/c1-2-16-30(27(33)24-15-9-14-23(17-24)22-12-7-4-8-13-22)28(34)29-25(18-26(31)32)20-35-19-21-10-5-3-6-11-21/h3-15,17,25H,2,16,18-20H2,1H3,(H,29,34)(H,31,32)/t25-/m1/s1. The average Bonchev–Trinajstić information content (AvgIpc) is 2.87. The molecular weight excluding hydrogens is 460 g/mol. The van der Waals surface area contributed by atoms with Crippen LogP contribution in [0.3, 0.4) is 0 Å². The van der Waals surface area contributed by atoms with E-state index in [1.165, 1.54) is 4.90 Å². The molecule has 0 radical (unpaired) electrons. The fourth-order valence-corrected chi connectivity index (χ4v) is 4.68. The molecule has 0 saturated carbocycles. The summed E-state index contributed by atoms with van der Waals surface area (Å²) in [7, 11) is 0. The van der Waals surface area contributed by atoms with Crippen LogP contribution in [0.4, 0.5) is 4.79 Å². The van der Waals surface area contributed by atoms with Gasteiger partial charge in [0.25, 0.3) is 5.91 Å². The summed E-state index contributed by atoms with van der Waals surface area (Å²) in [6.07, 6.45) is 0.370. The number of urea groups is 1. The Balaban J connectivity index is 1.70. The van der Waals surface area contributed by atoms with E-state index in [-0.39, 0.29) is 13.0 Å². The zero-order valence-corrected chi connectivity index (χ0v) is 20.5. The molecule has 0 heterocycles. The summed E-state index contributed by atoms with van der Waals surface area (Å²) in [5.74, 6) is -0.283. The number of carboxylic acids is 1. The van der Waals surface area contributed by atoms with Gasteiger partial charge in [-0.3, -0.25) is 14.5 Å². The van der Waals surface area contributed by atoms with E-state index in [4.69, 9.17) is 0 Å². The highest BCUT2D eigenvalue weighted by molar-refractivity contribution is 7.98. The fraction of sp³-hybridized carbons (Fsp3) is 0.250. The Labute approximate surface area is 210 Å². The summed E-state index contributed by atoms with van der Waals surface area (Å²) in [6.45, 7) is 2.12. The van der Waals surface area contributed by atoms with E-state index in [9.17, 15) is 19.5 Å². The first-order valence-corrected chi connectivity index (χ1v) is 12.7. The lowest BCUT2D eigenvalue weighted by Gasteiger charge is -2.24. The van der Waals surface area contributed by atoms with Crippen LogP contribution in [0, 0.1) is 0 Å². The third-order valence-corrected chi connectivity index (χ3v) is 6.51. The lowest BCUT2D eigenvalue weighted by atomic mass is 10.0.